The summed E-state index contributed by atoms with van der Waals surface area (Å²) in [7, 11) is 0. The fourth-order valence-corrected chi connectivity index (χ4v) is 1.76. The van der Waals surface area contributed by atoms with Crippen molar-refractivity contribution in [1.82, 2.24) is 4.98 Å². The Morgan fingerprint density at radius 2 is 2.36 bits per heavy atom. The van der Waals surface area contributed by atoms with Gasteiger partial charge >= 0.3 is 0 Å². The summed E-state index contributed by atoms with van der Waals surface area (Å²) in [5.41, 5.74) is 5.48. The predicted octanol–water partition coefficient (Wildman–Crippen LogP) is 2.18. The molecule has 0 aliphatic rings. The number of pyridine rings is 1. The number of hydrogen-bond acceptors (Lipinski definition) is 4. The molecule has 0 spiro atoms. The Bertz CT molecular complexity index is 251. The third kappa shape index (κ3) is 4.48. The number of thioether (sulfide) groups is 1. The van der Waals surface area contributed by atoms with Crippen LogP contribution < -0.4 is 5.73 Å². The van der Waals surface area contributed by atoms with Crippen LogP contribution in [0.4, 0.5) is 5.82 Å². The quantitative estimate of drug-likeness (QED) is 0.580. The summed E-state index contributed by atoms with van der Waals surface area (Å²) >= 11 is 1.78. The number of ether oxygens (including phenoxy) is 1. The number of rotatable bonds is 6. The van der Waals surface area contributed by atoms with Gasteiger partial charge in [-0.3, -0.25) is 0 Å². The molecule has 0 atom stereocenters. The molecule has 0 saturated carbocycles. The van der Waals surface area contributed by atoms with Gasteiger partial charge < -0.3 is 10.5 Å². The monoisotopic (exact) mass is 212 g/mol. The largest absolute Gasteiger partial charge is 0.384 e. The van der Waals surface area contributed by atoms with Crippen LogP contribution in [0.15, 0.2) is 23.2 Å². The van der Waals surface area contributed by atoms with E-state index in [0.29, 0.717) is 5.82 Å². The van der Waals surface area contributed by atoms with Crippen LogP contribution in [0.5, 0.6) is 0 Å². The van der Waals surface area contributed by atoms with Gasteiger partial charge in [0.15, 0.2) is 0 Å². The minimum Gasteiger partial charge on any atom is -0.384 e. The SMILES string of the molecule is CCOCCCSc1ccc(N)nc1. The van der Waals surface area contributed by atoms with E-state index >= 15 is 0 Å². The second-order valence-electron chi connectivity index (χ2n) is 2.82. The topological polar surface area (TPSA) is 48.1 Å². The molecule has 0 unspecified atom stereocenters. The molecule has 2 N–H and O–H groups in total. The molecule has 1 heterocycles. The van der Waals surface area contributed by atoms with Crippen molar-refractivity contribution >= 4 is 17.6 Å². The lowest BCUT2D eigenvalue weighted by atomic mass is 10.5. The molecule has 0 aliphatic carbocycles. The highest BCUT2D eigenvalue weighted by atomic mass is 32.2. The van der Waals surface area contributed by atoms with Crippen LogP contribution >= 0.6 is 11.8 Å². The van der Waals surface area contributed by atoms with E-state index in [9.17, 15) is 0 Å². The first-order valence-electron chi connectivity index (χ1n) is 4.75. The van der Waals surface area contributed by atoms with E-state index in [1.165, 1.54) is 0 Å². The van der Waals surface area contributed by atoms with E-state index in [2.05, 4.69) is 4.98 Å². The van der Waals surface area contributed by atoms with E-state index < -0.39 is 0 Å². The van der Waals surface area contributed by atoms with Gasteiger partial charge in [-0.05, 0) is 25.5 Å². The molecule has 4 heteroatoms. The summed E-state index contributed by atoms with van der Waals surface area (Å²) in [5.74, 6) is 1.63. The number of nitrogens with two attached hydrogens (primary N) is 1. The van der Waals surface area contributed by atoms with Gasteiger partial charge in [-0.1, -0.05) is 0 Å². The Morgan fingerprint density at radius 3 is 3.00 bits per heavy atom. The minimum atomic E-state index is 0.573. The van der Waals surface area contributed by atoms with Crippen LogP contribution in [0.25, 0.3) is 0 Å². The zero-order valence-electron chi connectivity index (χ0n) is 8.40. The zero-order valence-corrected chi connectivity index (χ0v) is 9.22. The van der Waals surface area contributed by atoms with E-state index in [-0.39, 0.29) is 0 Å². The first-order valence-corrected chi connectivity index (χ1v) is 5.73. The maximum Gasteiger partial charge on any atom is 0.123 e. The summed E-state index contributed by atoms with van der Waals surface area (Å²) in [6.07, 6.45) is 2.88. The van der Waals surface area contributed by atoms with Crippen LogP contribution in [-0.2, 0) is 4.74 Å². The molecular weight excluding hydrogens is 196 g/mol. The number of anilines is 1. The average molecular weight is 212 g/mol. The molecule has 14 heavy (non-hydrogen) atoms. The summed E-state index contributed by atoms with van der Waals surface area (Å²) < 4.78 is 5.24. The fraction of sp³-hybridized carbons (Fsp3) is 0.500. The normalized spacial score (nSPS) is 10.4. The van der Waals surface area contributed by atoms with E-state index in [1.54, 1.807) is 18.0 Å². The molecule has 0 aromatic carbocycles. The lowest BCUT2D eigenvalue weighted by Crippen LogP contribution is -1.94. The lowest BCUT2D eigenvalue weighted by molar-refractivity contribution is 0.149. The Kier molecular flexibility index (Phi) is 5.40. The van der Waals surface area contributed by atoms with E-state index in [1.807, 2.05) is 19.1 Å². The van der Waals surface area contributed by atoms with Crippen LogP contribution in [0.2, 0.25) is 0 Å². The number of hydrogen-bond donors (Lipinski definition) is 1. The first-order chi connectivity index (χ1) is 6.83. The van der Waals surface area contributed by atoms with Gasteiger partial charge in [0.1, 0.15) is 5.82 Å². The van der Waals surface area contributed by atoms with Crippen molar-refractivity contribution in [1.29, 1.82) is 0 Å². The molecule has 0 bridgehead atoms. The highest BCUT2D eigenvalue weighted by molar-refractivity contribution is 7.99. The fourth-order valence-electron chi connectivity index (χ4n) is 0.972. The molecule has 1 aromatic rings. The van der Waals surface area contributed by atoms with E-state index in [0.717, 1.165) is 30.3 Å². The standard InChI is InChI=1S/C10H16N2OS/c1-2-13-6-3-7-14-9-4-5-10(11)12-8-9/h4-5,8H,2-3,6-7H2,1H3,(H2,11,12). The maximum absolute atomic E-state index is 5.48. The van der Waals surface area contributed by atoms with Gasteiger partial charge in [0.25, 0.3) is 0 Å². The van der Waals surface area contributed by atoms with Crippen molar-refractivity contribution < 1.29 is 4.74 Å². The molecule has 0 radical (unpaired) electrons. The molecule has 0 fully saturated rings. The third-order valence-electron chi connectivity index (χ3n) is 1.67. The predicted molar refractivity (Wildman–Crippen MR) is 60.5 cm³/mol. The van der Waals surface area contributed by atoms with Crippen LogP contribution in [0.3, 0.4) is 0 Å². The summed E-state index contributed by atoms with van der Waals surface area (Å²) in [6, 6.07) is 3.82. The van der Waals surface area contributed by atoms with Crippen molar-refractivity contribution in [3.63, 3.8) is 0 Å². The summed E-state index contributed by atoms with van der Waals surface area (Å²) in [4.78, 5) is 5.18. The molecule has 1 rings (SSSR count). The second kappa shape index (κ2) is 6.68. The van der Waals surface area contributed by atoms with Crippen molar-refractivity contribution in [2.75, 3.05) is 24.7 Å². The minimum absolute atomic E-state index is 0.573. The Hall–Kier alpha value is -0.740. The molecule has 0 amide bonds. The van der Waals surface area contributed by atoms with Crippen molar-refractivity contribution in [2.45, 2.75) is 18.2 Å². The molecule has 78 valence electrons. The molecular formula is C10H16N2OS. The molecule has 1 aromatic heterocycles. The van der Waals surface area contributed by atoms with Crippen molar-refractivity contribution in [3.8, 4) is 0 Å². The number of nitrogens with zero attached hydrogens (tertiary/aromatic N) is 1. The smallest absolute Gasteiger partial charge is 0.123 e. The highest BCUT2D eigenvalue weighted by Crippen LogP contribution is 2.17. The van der Waals surface area contributed by atoms with Gasteiger partial charge in [0.05, 0.1) is 0 Å². The average Bonchev–Trinajstić information content (AvgIpc) is 2.21. The zero-order chi connectivity index (χ0) is 10.2. The maximum atomic E-state index is 5.48. The highest BCUT2D eigenvalue weighted by Gasteiger charge is 1.94. The third-order valence-corrected chi connectivity index (χ3v) is 2.73. The summed E-state index contributed by atoms with van der Waals surface area (Å²) in [6.45, 7) is 3.65. The van der Waals surface area contributed by atoms with Gasteiger partial charge in [-0.2, -0.15) is 0 Å². The number of aromatic nitrogens is 1. The Morgan fingerprint density at radius 1 is 1.50 bits per heavy atom. The molecule has 3 nitrogen and oxygen atoms in total. The van der Waals surface area contributed by atoms with Gasteiger partial charge in [0, 0.05) is 30.1 Å². The van der Waals surface area contributed by atoms with E-state index in [4.69, 9.17) is 10.5 Å². The van der Waals surface area contributed by atoms with Crippen LogP contribution in [0, 0.1) is 0 Å². The summed E-state index contributed by atoms with van der Waals surface area (Å²) in [5, 5.41) is 0. The first kappa shape index (κ1) is 11.3. The molecule has 0 aliphatic heterocycles. The second-order valence-corrected chi connectivity index (χ2v) is 3.99. The van der Waals surface area contributed by atoms with Gasteiger partial charge in [0.2, 0.25) is 0 Å². The van der Waals surface area contributed by atoms with Crippen molar-refractivity contribution in [2.24, 2.45) is 0 Å². The van der Waals surface area contributed by atoms with Gasteiger partial charge in [-0.15, -0.1) is 11.8 Å². The van der Waals surface area contributed by atoms with Crippen LogP contribution in [-0.4, -0.2) is 24.0 Å². The van der Waals surface area contributed by atoms with Crippen LogP contribution in [0.1, 0.15) is 13.3 Å². The lowest BCUT2D eigenvalue weighted by Gasteiger charge is -2.01. The Labute approximate surface area is 89.1 Å². The Balaban J connectivity index is 2.15. The van der Waals surface area contributed by atoms with Gasteiger partial charge in [-0.25, -0.2) is 4.98 Å². The van der Waals surface area contributed by atoms with Crippen molar-refractivity contribution in [3.05, 3.63) is 18.3 Å². The number of nitrogen functional groups attached to an aromatic ring is 1. The molecule has 0 saturated heterocycles.